The number of amides is 1. The minimum atomic E-state index is -0.160. The van der Waals surface area contributed by atoms with E-state index < -0.39 is 0 Å². The zero-order chi connectivity index (χ0) is 9.92. The molecule has 0 heterocycles. The number of primary amides is 1. The number of carbonyl (C=O) groups excluding carboxylic acids is 1. The minimum absolute atomic E-state index is 0. The molecule has 4 rings (SSSR count). The van der Waals surface area contributed by atoms with Crippen LogP contribution in [-0.4, -0.2) is 11.9 Å². The van der Waals surface area contributed by atoms with Gasteiger partial charge in [-0.2, -0.15) is 0 Å². The van der Waals surface area contributed by atoms with Crippen molar-refractivity contribution in [3.05, 3.63) is 0 Å². The standard InChI is InChI=1S/C11H18N2O.ClH/c12-9-7-1-6-2-8(9)5-11(3-6,4-7)10(13)14;/h6-9H,1-5,12H2,(H2,13,14);1H/t6?,7-,8?,9-,11-;/m0./s1. The summed E-state index contributed by atoms with van der Waals surface area (Å²) in [7, 11) is 0. The van der Waals surface area contributed by atoms with Crippen molar-refractivity contribution in [3.8, 4) is 0 Å². The second-order valence-electron chi connectivity index (χ2n) is 5.69. The highest BCUT2D eigenvalue weighted by Gasteiger charge is 2.56. The first kappa shape index (κ1) is 11.2. The molecule has 2 unspecified atom stereocenters. The van der Waals surface area contributed by atoms with Crippen molar-refractivity contribution in [2.24, 2.45) is 34.6 Å². The van der Waals surface area contributed by atoms with Gasteiger partial charge in [0.2, 0.25) is 5.91 Å². The van der Waals surface area contributed by atoms with Crippen LogP contribution in [-0.2, 0) is 4.79 Å². The van der Waals surface area contributed by atoms with Crippen LogP contribution in [0.1, 0.15) is 32.1 Å². The topological polar surface area (TPSA) is 69.1 Å². The molecule has 0 saturated heterocycles. The lowest BCUT2D eigenvalue weighted by molar-refractivity contribution is -0.144. The quantitative estimate of drug-likeness (QED) is 0.707. The molecule has 0 aliphatic heterocycles. The minimum Gasteiger partial charge on any atom is -0.369 e. The summed E-state index contributed by atoms with van der Waals surface area (Å²) >= 11 is 0. The maximum atomic E-state index is 11.5. The normalized spacial score (nSPS) is 51.3. The summed E-state index contributed by atoms with van der Waals surface area (Å²) in [4.78, 5) is 11.5. The molecule has 15 heavy (non-hydrogen) atoms. The number of hydrogen-bond donors (Lipinski definition) is 2. The van der Waals surface area contributed by atoms with Gasteiger partial charge in [0.25, 0.3) is 0 Å². The van der Waals surface area contributed by atoms with E-state index in [4.69, 9.17) is 11.5 Å². The Morgan fingerprint density at radius 3 is 2.13 bits per heavy atom. The van der Waals surface area contributed by atoms with E-state index in [1.54, 1.807) is 0 Å². The largest absolute Gasteiger partial charge is 0.369 e. The van der Waals surface area contributed by atoms with E-state index in [2.05, 4.69) is 0 Å². The lowest BCUT2D eigenvalue weighted by atomic mass is 9.48. The van der Waals surface area contributed by atoms with Crippen LogP contribution in [0.3, 0.4) is 0 Å². The fraction of sp³-hybridized carbons (Fsp3) is 0.909. The van der Waals surface area contributed by atoms with E-state index in [0.29, 0.717) is 17.9 Å². The van der Waals surface area contributed by atoms with Gasteiger partial charge in [0.15, 0.2) is 0 Å². The van der Waals surface area contributed by atoms with Gasteiger partial charge in [-0.15, -0.1) is 12.4 Å². The maximum Gasteiger partial charge on any atom is 0.223 e. The second-order valence-corrected chi connectivity index (χ2v) is 5.69. The SMILES string of the molecule is Cl.NC(=O)[C@]12CC3CC(C1)[C@@H](N)[C@@H](C3)C2. The number of rotatable bonds is 1. The molecule has 86 valence electrons. The summed E-state index contributed by atoms with van der Waals surface area (Å²) < 4.78 is 0. The molecule has 0 spiro atoms. The molecule has 0 radical (unpaired) electrons. The summed E-state index contributed by atoms with van der Waals surface area (Å²) in [6.45, 7) is 0. The van der Waals surface area contributed by atoms with Crippen molar-refractivity contribution in [1.29, 1.82) is 0 Å². The van der Waals surface area contributed by atoms with Crippen LogP contribution in [0, 0.1) is 23.2 Å². The fourth-order valence-electron chi connectivity index (χ4n) is 4.37. The van der Waals surface area contributed by atoms with Gasteiger partial charge in [0.05, 0.1) is 0 Å². The van der Waals surface area contributed by atoms with Crippen molar-refractivity contribution in [1.82, 2.24) is 0 Å². The Kier molecular flexibility index (Phi) is 2.51. The third kappa shape index (κ3) is 1.40. The Hall–Kier alpha value is -0.280. The van der Waals surface area contributed by atoms with Crippen LogP contribution in [0.25, 0.3) is 0 Å². The molecule has 4 aliphatic carbocycles. The summed E-state index contributed by atoms with van der Waals surface area (Å²) in [6.07, 6.45) is 5.47. The highest BCUT2D eigenvalue weighted by molar-refractivity contribution is 5.85. The smallest absolute Gasteiger partial charge is 0.223 e. The predicted octanol–water partition coefficient (Wildman–Crippen LogP) is 1.05. The summed E-state index contributed by atoms with van der Waals surface area (Å²) in [5.74, 6) is 1.83. The zero-order valence-electron chi connectivity index (χ0n) is 8.82. The average Bonchev–Trinajstić information content (AvgIpc) is 2.12. The Morgan fingerprint density at radius 1 is 1.13 bits per heavy atom. The Bertz CT molecular complexity index is 278. The molecule has 4 fully saturated rings. The van der Waals surface area contributed by atoms with Crippen molar-refractivity contribution in [2.45, 2.75) is 38.1 Å². The highest BCUT2D eigenvalue weighted by Crippen LogP contribution is 2.59. The fourth-order valence-corrected chi connectivity index (χ4v) is 4.37. The van der Waals surface area contributed by atoms with Gasteiger partial charge < -0.3 is 11.5 Å². The molecule has 4 bridgehead atoms. The monoisotopic (exact) mass is 230 g/mol. The predicted molar refractivity (Wildman–Crippen MR) is 60.4 cm³/mol. The van der Waals surface area contributed by atoms with E-state index in [9.17, 15) is 4.79 Å². The van der Waals surface area contributed by atoms with Crippen LogP contribution >= 0.6 is 12.4 Å². The van der Waals surface area contributed by atoms with Crippen LogP contribution in [0.2, 0.25) is 0 Å². The lowest BCUT2D eigenvalue weighted by Gasteiger charge is -2.58. The number of nitrogens with two attached hydrogens (primary N) is 2. The molecule has 4 aliphatic rings. The molecule has 1 amide bonds. The molecule has 5 atom stereocenters. The van der Waals surface area contributed by atoms with Gasteiger partial charge in [-0.3, -0.25) is 4.79 Å². The molecule has 0 aromatic heterocycles. The van der Waals surface area contributed by atoms with Crippen LogP contribution in [0.5, 0.6) is 0 Å². The van der Waals surface area contributed by atoms with Gasteiger partial charge in [-0.1, -0.05) is 0 Å². The van der Waals surface area contributed by atoms with Crippen LogP contribution < -0.4 is 11.5 Å². The van der Waals surface area contributed by atoms with E-state index in [-0.39, 0.29) is 23.7 Å². The van der Waals surface area contributed by atoms with Crippen molar-refractivity contribution in [3.63, 3.8) is 0 Å². The van der Waals surface area contributed by atoms with Gasteiger partial charge in [-0.05, 0) is 49.9 Å². The van der Waals surface area contributed by atoms with E-state index >= 15 is 0 Å². The number of halogens is 1. The first-order chi connectivity index (χ1) is 6.61. The molecule has 4 heteroatoms. The summed E-state index contributed by atoms with van der Waals surface area (Å²) in [5, 5.41) is 0. The Labute approximate surface area is 96.4 Å². The van der Waals surface area contributed by atoms with Crippen molar-refractivity contribution >= 4 is 18.3 Å². The van der Waals surface area contributed by atoms with E-state index in [1.807, 2.05) is 0 Å². The first-order valence-electron chi connectivity index (χ1n) is 5.66. The van der Waals surface area contributed by atoms with E-state index in [1.165, 1.54) is 12.8 Å². The van der Waals surface area contributed by atoms with Crippen molar-refractivity contribution in [2.75, 3.05) is 0 Å². The van der Waals surface area contributed by atoms with Gasteiger partial charge in [0, 0.05) is 11.5 Å². The molecule has 4 N–H and O–H groups in total. The summed E-state index contributed by atoms with van der Waals surface area (Å²) in [6, 6.07) is 0.346. The number of carbonyl (C=O) groups is 1. The molecule has 0 aromatic rings. The second kappa shape index (κ2) is 3.36. The average molecular weight is 231 g/mol. The summed E-state index contributed by atoms with van der Waals surface area (Å²) in [5.41, 5.74) is 11.6. The molecule has 0 aromatic carbocycles. The van der Waals surface area contributed by atoms with E-state index in [0.717, 1.165) is 25.2 Å². The third-order valence-corrected chi connectivity index (χ3v) is 4.87. The molecule has 3 nitrogen and oxygen atoms in total. The van der Waals surface area contributed by atoms with Crippen molar-refractivity contribution < 1.29 is 4.79 Å². The Balaban J connectivity index is 0.000000853. The van der Waals surface area contributed by atoms with Gasteiger partial charge in [0.1, 0.15) is 0 Å². The zero-order valence-corrected chi connectivity index (χ0v) is 9.63. The van der Waals surface area contributed by atoms with Crippen LogP contribution in [0.4, 0.5) is 0 Å². The lowest BCUT2D eigenvalue weighted by Crippen LogP contribution is -2.60. The highest BCUT2D eigenvalue weighted by atomic mass is 35.5. The van der Waals surface area contributed by atoms with Gasteiger partial charge >= 0.3 is 0 Å². The maximum absolute atomic E-state index is 11.5. The van der Waals surface area contributed by atoms with Gasteiger partial charge in [-0.25, -0.2) is 0 Å². The molecular weight excluding hydrogens is 212 g/mol. The number of hydrogen-bond acceptors (Lipinski definition) is 2. The third-order valence-electron chi connectivity index (χ3n) is 4.87. The molecular formula is C11H19ClN2O. The van der Waals surface area contributed by atoms with Crippen LogP contribution in [0.15, 0.2) is 0 Å². The first-order valence-corrected chi connectivity index (χ1v) is 5.66. The Morgan fingerprint density at radius 2 is 1.67 bits per heavy atom. The molecule has 4 saturated carbocycles.